The van der Waals surface area contributed by atoms with Crippen molar-refractivity contribution in [3.05, 3.63) is 41.1 Å². The standard InChI is InChI=1S/C9H7N3O2/c1-5(13)7-11-8-6(9(14)12-7)3-2-4-10-8/h2-4,13H,1H2,(H,10,11,12,14). The van der Waals surface area contributed by atoms with Crippen LogP contribution in [0.25, 0.3) is 16.8 Å². The third-order valence-electron chi connectivity index (χ3n) is 1.75. The molecule has 0 aliphatic rings. The SMILES string of the molecule is C=C(O)c1nc2ncccc2c(=O)[nH]1. The Morgan fingerprint density at radius 3 is 3.07 bits per heavy atom. The summed E-state index contributed by atoms with van der Waals surface area (Å²) in [6, 6.07) is 3.25. The molecule has 0 amide bonds. The summed E-state index contributed by atoms with van der Waals surface area (Å²) in [5.41, 5.74) is -0.0465. The number of aromatic nitrogens is 3. The first-order chi connectivity index (χ1) is 6.68. The van der Waals surface area contributed by atoms with Gasteiger partial charge in [-0.2, -0.15) is 0 Å². The minimum absolute atomic E-state index is 0.0428. The highest BCUT2D eigenvalue weighted by Crippen LogP contribution is 2.05. The van der Waals surface area contributed by atoms with Crippen LogP contribution >= 0.6 is 0 Å². The Balaban J connectivity index is 2.86. The number of hydrogen-bond acceptors (Lipinski definition) is 4. The molecule has 0 saturated heterocycles. The van der Waals surface area contributed by atoms with Crippen LogP contribution in [0, 0.1) is 0 Å². The molecule has 0 atom stereocenters. The molecule has 0 spiro atoms. The molecule has 2 heterocycles. The van der Waals surface area contributed by atoms with E-state index >= 15 is 0 Å². The van der Waals surface area contributed by atoms with E-state index in [1.54, 1.807) is 12.1 Å². The fourth-order valence-corrected chi connectivity index (χ4v) is 1.11. The molecule has 5 heteroatoms. The van der Waals surface area contributed by atoms with Gasteiger partial charge in [0.05, 0.1) is 5.39 Å². The zero-order valence-electron chi connectivity index (χ0n) is 7.19. The Hall–Kier alpha value is -2.17. The molecule has 0 fully saturated rings. The van der Waals surface area contributed by atoms with E-state index in [0.29, 0.717) is 11.0 Å². The lowest BCUT2D eigenvalue weighted by molar-refractivity contribution is 0.506. The van der Waals surface area contributed by atoms with Gasteiger partial charge < -0.3 is 10.1 Å². The second kappa shape index (κ2) is 2.95. The number of nitrogens with one attached hydrogen (secondary N) is 1. The number of H-pyrrole nitrogens is 1. The average molecular weight is 189 g/mol. The van der Waals surface area contributed by atoms with Crippen LogP contribution in [0.3, 0.4) is 0 Å². The monoisotopic (exact) mass is 189 g/mol. The largest absolute Gasteiger partial charge is 0.505 e. The van der Waals surface area contributed by atoms with E-state index in [0.717, 1.165) is 0 Å². The van der Waals surface area contributed by atoms with E-state index in [1.165, 1.54) is 6.20 Å². The molecular weight excluding hydrogens is 182 g/mol. The first-order valence-corrected chi connectivity index (χ1v) is 3.92. The summed E-state index contributed by atoms with van der Waals surface area (Å²) in [6.45, 7) is 3.27. The zero-order valence-corrected chi connectivity index (χ0v) is 7.19. The molecule has 2 aromatic rings. The lowest BCUT2D eigenvalue weighted by Crippen LogP contribution is -2.11. The molecule has 0 aromatic carbocycles. The highest BCUT2D eigenvalue weighted by molar-refractivity contribution is 5.74. The Morgan fingerprint density at radius 1 is 1.57 bits per heavy atom. The van der Waals surface area contributed by atoms with Crippen molar-refractivity contribution < 1.29 is 5.11 Å². The molecule has 0 saturated carbocycles. The quantitative estimate of drug-likeness (QED) is 0.651. The molecular formula is C9H7N3O2. The summed E-state index contributed by atoms with van der Waals surface area (Å²) in [6.07, 6.45) is 1.53. The number of fused-ring (bicyclic) bond motifs is 1. The topological polar surface area (TPSA) is 78.9 Å². The van der Waals surface area contributed by atoms with Gasteiger partial charge in [0.25, 0.3) is 5.56 Å². The fraction of sp³-hybridized carbons (Fsp3) is 0. The maximum absolute atomic E-state index is 11.4. The Labute approximate surface area is 78.8 Å². The van der Waals surface area contributed by atoms with Crippen molar-refractivity contribution in [1.29, 1.82) is 0 Å². The molecule has 0 aliphatic carbocycles. The van der Waals surface area contributed by atoms with Gasteiger partial charge in [0.2, 0.25) is 0 Å². The van der Waals surface area contributed by atoms with Gasteiger partial charge in [-0.3, -0.25) is 4.79 Å². The van der Waals surface area contributed by atoms with E-state index < -0.39 is 0 Å². The number of pyridine rings is 1. The summed E-state index contributed by atoms with van der Waals surface area (Å²) < 4.78 is 0. The van der Waals surface area contributed by atoms with Crippen LogP contribution in [0.5, 0.6) is 0 Å². The summed E-state index contributed by atoms with van der Waals surface area (Å²) in [5.74, 6) is -0.240. The highest BCUT2D eigenvalue weighted by atomic mass is 16.3. The molecule has 2 rings (SSSR count). The lowest BCUT2D eigenvalue weighted by atomic mass is 10.3. The molecule has 5 nitrogen and oxygen atoms in total. The molecule has 0 bridgehead atoms. The van der Waals surface area contributed by atoms with E-state index in [-0.39, 0.29) is 17.1 Å². The van der Waals surface area contributed by atoms with Gasteiger partial charge >= 0.3 is 0 Å². The van der Waals surface area contributed by atoms with Crippen LogP contribution < -0.4 is 5.56 Å². The minimum Gasteiger partial charge on any atom is -0.505 e. The second-order valence-corrected chi connectivity index (χ2v) is 2.74. The smallest absolute Gasteiger partial charge is 0.260 e. The molecule has 70 valence electrons. The molecule has 0 aliphatic heterocycles. The van der Waals surface area contributed by atoms with Crippen LogP contribution in [0.2, 0.25) is 0 Å². The van der Waals surface area contributed by atoms with Gasteiger partial charge in [0.15, 0.2) is 17.2 Å². The third kappa shape index (κ3) is 1.24. The van der Waals surface area contributed by atoms with Crippen molar-refractivity contribution in [3.8, 4) is 0 Å². The number of hydrogen-bond donors (Lipinski definition) is 2. The number of aromatic amines is 1. The molecule has 14 heavy (non-hydrogen) atoms. The van der Waals surface area contributed by atoms with Crippen molar-refractivity contribution in [1.82, 2.24) is 15.0 Å². The maximum atomic E-state index is 11.4. The maximum Gasteiger partial charge on any atom is 0.260 e. The molecule has 0 radical (unpaired) electrons. The number of aliphatic hydroxyl groups is 1. The Kier molecular flexibility index (Phi) is 1.78. The molecule has 0 unspecified atom stereocenters. The number of nitrogens with zero attached hydrogens (tertiary/aromatic N) is 2. The third-order valence-corrected chi connectivity index (χ3v) is 1.75. The van der Waals surface area contributed by atoms with Crippen LogP contribution in [-0.4, -0.2) is 20.1 Å². The van der Waals surface area contributed by atoms with E-state index in [1.807, 2.05) is 0 Å². The Bertz CT molecular complexity index is 559. The fourth-order valence-electron chi connectivity index (χ4n) is 1.11. The zero-order chi connectivity index (χ0) is 10.1. The number of rotatable bonds is 1. The van der Waals surface area contributed by atoms with Crippen LogP contribution in [0.15, 0.2) is 29.7 Å². The van der Waals surface area contributed by atoms with Gasteiger partial charge in [0.1, 0.15) is 0 Å². The van der Waals surface area contributed by atoms with Crippen molar-refractivity contribution in [2.24, 2.45) is 0 Å². The normalized spacial score (nSPS) is 10.3. The van der Waals surface area contributed by atoms with Crippen molar-refractivity contribution >= 4 is 16.8 Å². The number of aliphatic hydroxyl groups excluding tert-OH is 1. The van der Waals surface area contributed by atoms with Gasteiger partial charge in [0, 0.05) is 6.20 Å². The summed E-state index contributed by atoms with van der Waals surface area (Å²) >= 11 is 0. The van der Waals surface area contributed by atoms with Crippen molar-refractivity contribution in [3.63, 3.8) is 0 Å². The van der Waals surface area contributed by atoms with Crippen molar-refractivity contribution in [2.45, 2.75) is 0 Å². The van der Waals surface area contributed by atoms with Crippen LogP contribution in [-0.2, 0) is 0 Å². The van der Waals surface area contributed by atoms with Crippen molar-refractivity contribution in [2.75, 3.05) is 0 Å². The van der Waals surface area contributed by atoms with Gasteiger partial charge in [-0.1, -0.05) is 6.58 Å². The Morgan fingerprint density at radius 2 is 2.36 bits per heavy atom. The first kappa shape index (κ1) is 8.43. The molecule has 2 aromatic heterocycles. The van der Waals surface area contributed by atoms with Crippen LogP contribution in [0.1, 0.15) is 5.82 Å². The summed E-state index contributed by atoms with van der Waals surface area (Å²) in [5, 5.41) is 9.44. The predicted octanol–water partition coefficient (Wildman–Crippen LogP) is 0.847. The average Bonchev–Trinajstić information content (AvgIpc) is 2.17. The lowest BCUT2D eigenvalue weighted by Gasteiger charge is -1.99. The van der Waals surface area contributed by atoms with E-state index in [9.17, 15) is 4.79 Å². The summed E-state index contributed by atoms with van der Waals surface area (Å²) in [4.78, 5) is 21.6. The van der Waals surface area contributed by atoms with Gasteiger partial charge in [-0.15, -0.1) is 0 Å². The van der Waals surface area contributed by atoms with Gasteiger partial charge in [-0.25, -0.2) is 9.97 Å². The minimum atomic E-state index is -0.340. The van der Waals surface area contributed by atoms with Gasteiger partial charge in [-0.05, 0) is 12.1 Å². The van der Waals surface area contributed by atoms with Crippen LogP contribution in [0.4, 0.5) is 0 Å². The second-order valence-electron chi connectivity index (χ2n) is 2.74. The van der Waals surface area contributed by atoms with E-state index in [4.69, 9.17) is 5.11 Å². The van der Waals surface area contributed by atoms with E-state index in [2.05, 4.69) is 21.5 Å². The first-order valence-electron chi connectivity index (χ1n) is 3.92. The highest BCUT2D eigenvalue weighted by Gasteiger charge is 2.05. The predicted molar refractivity (Wildman–Crippen MR) is 51.8 cm³/mol. The molecule has 2 N–H and O–H groups in total. The summed E-state index contributed by atoms with van der Waals surface area (Å²) in [7, 11) is 0.